The molecule has 8 heteroatoms. The predicted octanol–water partition coefficient (Wildman–Crippen LogP) is 4.06. The van der Waals surface area contributed by atoms with Gasteiger partial charge in [-0.1, -0.05) is 16.8 Å². The SMILES string of the molecule is Oc1ccc(Cl)cc1-c1cc(C(F)(F)C(F)F)on1. The molecule has 1 aromatic heterocycles. The number of alkyl halides is 4. The number of hydrogen-bond acceptors (Lipinski definition) is 3. The molecule has 0 saturated heterocycles. The van der Waals surface area contributed by atoms with Crippen molar-refractivity contribution in [3.8, 4) is 17.0 Å². The van der Waals surface area contributed by atoms with Crippen molar-refractivity contribution in [3.63, 3.8) is 0 Å². The van der Waals surface area contributed by atoms with Crippen LogP contribution in [0.3, 0.4) is 0 Å². The van der Waals surface area contributed by atoms with E-state index in [0.29, 0.717) is 6.07 Å². The van der Waals surface area contributed by atoms with Gasteiger partial charge in [0.15, 0.2) is 0 Å². The van der Waals surface area contributed by atoms with E-state index in [1.165, 1.54) is 18.2 Å². The molecule has 102 valence electrons. The summed E-state index contributed by atoms with van der Waals surface area (Å²) in [6.07, 6.45) is -3.92. The predicted molar refractivity (Wildman–Crippen MR) is 58.5 cm³/mol. The summed E-state index contributed by atoms with van der Waals surface area (Å²) in [4.78, 5) is 0. The molecule has 3 nitrogen and oxygen atoms in total. The van der Waals surface area contributed by atoms with Crippen LogP contribution in [0.25, 0.3) is 11.3 Å². The first-order chi connectivity index (χ1) is 8.82. The van der Waals surface area contributed by atoms with Crippen molar-refractivity contribution in [3.05, 3.63) is 35.0 Å². The summed E-state index contributed by atoms with van der Waals surface area (Å²) >= 11 is 5.68. The van der Waals surface area contributed by atoms with Gasteiger partial charge in [0.05, 0.1) is 0 Å². The molecule has 0 fully saturated rings. The molecule has 0 unspecified atom stereocenters. The third-order valence-corrected chi connectivity index (χ3v) is 2.58. The van der Waals surface area contributed by atoms with Crippen LogP contribution in [0.4, 0.5) is 17.6 Å². The number of aromatic nitrogens is 1. The second-order valence-electron chi connectivity index (χ2n) is 3.66. The summed E-state index contributed by atoms with van der Waals surface area (Å²) in [5.74, 6) is -6.01. The van der Waals surface area contributed by atoms with Crippen LogP contribution >= 0.6 is 11.6 Å². The Morgan fingerprint density at radius 3 is 2.58 bits per heavy atom. The number of phenols is 1. The first-order valence-electron chi connectivity index (χ1n) is 4.94. The average Bonchev–Trinajstić information content (AvgIpc) is 2.82. The van der Waals surface area contributed by atoms with Crippen molar-refractivity contribution in [2.75, 3.05) is 0 Å². The van der Waals surface area contributed by atoms with E-state index in [2.05, 4.69) is 9.68 Å². The molecule has 0 spiro atoms. The van der Waals surface area contributed by atoms with Crippen molar-refractivity contribution in [2.45, 2.75) is 12.3 Å². The molecule has 0 saturated carbocycles. The van der Waals surface area contributed by atoms with E-state index in [-0.39, 0.29) is 22.0 Å². The van der Waals surface area contributed by atoms with Crippen LogP contribution in [-0.4, -0.2) is 16.7 Å². The topological polar surface area (TPSA) is 46.3 Å². The number of benzene rings is 1. The Morgan fingerprint density at radius 1 is 1.26 bits per heavy atom. The van der Waals surface area contributed by atoms with E-state index < -0.39 is 18.1 Å². The third-order valence-electron chi connectivity index (χ3n) is 2.35. The van der Waals surface area contributed by atoms with Crippen molar-refractivity contribution >= 4 is 11.6 Å². The zero-order valence-electron chi connectivity index (χ0n) is 9.08. The van der Waals surface area contributed by atoms with Crippen LogP contribution in [0.2, 0.25) is 5.02 Å². The molecule has 0 aliphatic rings. The van der Waals surface area contributed by atoms with Gasteiger partial charge in [-0.2, -0.15) is 8.78 Å². The van der Waals surface area contributed by atoms with Crippen LogP contribution in [0.1, 0.15) is 5.76 Å². The minimum Gasteiger partial charge on any atom is -0.507 e. The Balaban J connectivity index is 2.44. The van der Waals surface area contributed by atoms with Crippen molar-refractivity contribution in [1.29, 1.82) is 0 Å². The molecular weight excluding hydrogens is 290 g/mol. The van der Waals surface area contributed by atoms with Crippen molar-refractivity contribution < 1.29 is 27.2 Å². The number of hydrogen-bond donors (Lipinski definition) is 1. The van der Waals surface area contributed by atoms with Crippen LogP contribution in [0.5, 0.6) is 5.75 Å². The molecule has 1 aromatic carbocycles. The number of halogens is 5. The van der Waals surface area contributed by atoms with Gasteiger partial charge < -0.3 is 9.63 Å². The summed E-state index contributed by atoms with van der Waals surface area (Å²) in [5.41, 5.74) is -0.206. The van der Waals surface area contributed by atoms with E-state index in [4.69, 9.17) is 11.6 Å². The first-order valence-corrected chi connectivity index (χ1v) is 5.32. The summed E-state index contributed by atoms with van der Waals surface area (Å²) in [5, 5.41) is 13.0. The molecule has 0 radical (unpaired) electrons. The van der Waals surface area contributed by atoms with E-state index in [0.717, 1.165) is 0 Å². The maximum absolute atomic E-state index is 13.0. The standard InChI is InChI=1S/C11H6ClF4NO2/c12-5-1-2-8(18)6(3-5)7-4-9(19-17-7)11(15,16)10(13)14/h1-4,10,18H. The zero-order chi connectivity index (χ0) is 14.2. The molecule has 0 bridgehead atoms. The Bertz CT molecular complexity index is 600. The first kappa shape index (κ1) is 13.7. The van der Waals surface area contributed by atoms with Gasteiger partial charge in [-0.05, 0) is 18.2 Å². The monoisotopic (exact) mass is 295 g/mol. The molecule has 0 atom stereocenters. The Kier molecular flexibility index (Phi) is 3.40. The molecule has 0 aliphatic carbocycles. The number of rotatable bonds is 3. The molecule has 19 heavy (non-hydrogen) atoms. The lowest BCUT2D eigenvalue weighted by molar-refractivity contribution is -0.149. The van der Waals surface area contributed by atoms with Gasteiger partial charge in [-0.25, -0.2) is 8.78 Å². The highest BCUT2D eigenvalue weighted by molar-refractivity contribution is 6.30. The average molecular weight is 296 g/mol. The fourth-order valence-corrected chi connectivity index (χ4v) is 1.55. The normalized spacial score (nSPS) is 12.1. The third kappa shape index (κ3) is 2.51. The van der Waals surface area contributed by atoms with Crippen molar-refractivity contribution in [1.82, 2.24) is 5.16 Å². The van der Waals surface area contributed by atoms with Gasteiger partial charge in [0.25, 0.3) is 0 Å². The van der Waals surface area contributed by atoms with E-state index >= 15 is 0 Å². The van der Waals surface area contributed by atoms with Crippen molar-refractivity contribution in [2.24, 2.45) is 0 Å². The smallest absolute Gasteiger partial charge is 0.366 e. The number of aromatic hydroxyl groups is 1. The molecular formula is C11H6ClF4NO2. The molecule has 0 amide bonds. The summed E-state index contributed by atoms with van der Waals surface area (Å²) in [6, 6.07) is 4.48. The van der Waals surface area contributed by atoms with Gasteiger partial charge in [-0.15, -0.1) is 0 Å². The fourth-order valence-electron chi connectivity index (χ4n) is 1.38. The van der Waals surface area contributed by atoms with Crippen LogP contribution in [0, 0.1) is 0 Å². The largest absolute Gasteiger partial charge is 0.507 e. The molecule has 2 aromatic rings. The van der Waals surface area contributed by atoms with E-state index in [9.17, 15) is 22.7 Å². The highest BCUT2D eigenvalue weighted by atomic mass is 35.5. The number of phenolic OH excluding ortho intramolecular Hbond substituents is 1. The highest BCUT2D eigenvalue weighted by Gasteiger charge is 2.46. The maximum atomic E-state index is 13.0. The maximum Gasteiger partial charge on any atom is 0.366 e. The Morgan fingerprint density at radius 2 is 1.95 bits per heavy atom. The lowest BCUT2D eigenvalue weighted by atomic mass is 10.1. The fraction of sp³-hybridized carbons (Fsp3) is 0.182. The molecule has 2 rings (SSSR count). The summed E-state index contributed by atoms with van der Waals surface area (Å²) in [7, 11) is 0. The number of nitrogens with zero attached hydrogens (tertiary/aromatic N) is 1. The summed E-state index contributed by atoms with van der Waals surface area (Å²) < 4.78 is 54.5. The van der Waals surface area contributed by atoms with E-state index in [1.807, 2.05) is 0 Å². The molecule has 1 N–H and O–H groups in total. The van der Waals surface area contributed by atoms with Gasteiger partial charge in [-0.3, -0.25) is 0 Å². The lowest BCUT2D eigenvalue weighted by Gasteiger charge is -2.09. The highest BCUT2D eigenvalue weighted by Crippen LogP contribution is 2.38. The molecule has 0 aliphatic heterocycles. The van der Waals surface area contributed by atoms with Gasteiger partial charge in [0.1, 0.15) is 11.4 Å². The Labute approximate surface area is 109 Å². The van der Waals surface area contributed by atoms with Crippen LogP contribution in [-0.2, 0) is 5.92 Å². The second kappa shape index (κ2) is 4.73. The van der Waals surface area contributed by atoms with Gasteiger partial charge in [0.2, 0.25) is 5.76 Å². The van der Waals surface area contributed by atoms with Gasteiger partial charge >= 0.3 is 12.3 Å². The Hall–Kier alpha value is -1.76. The minimum absolute atomic E-state index is 0.00701. The molecule has 1 heterocycles. The zero-order valence-corrected chi connectivity index (χ0v) is 9.84. The minimum atomic E-state index is -4.44. The van der Waals surface area contributed by atoms with Crippen LogP contribution in [0.15, 0.2) is 28.8 Å². The lowest BCUT2D eigenvalue weighted by Crippen LogP contribution is -2.22. The second-order valence-corrected chi connectivity index (χ2v) is 4.10. The van der Waals surface area contributed by atoms with E-state index in [1.54, 1.807) is 0 Å². The quantitative estimate of drug-likeness (QED) is 0.869. The van der Waals surface area contributed by atoms with Crippen LogP contribution < -0.4 is 0 Å². The van der Waals surface area contributed by atoms with Gasteiger partial charge in [0, 0.05) is 16.7 Å². The summed E-state index contributed by atoms with van der Waals surface area (Å²) in [6.45, 7) is 0.